The number of anilines is 1. The molecule has 0 spiro atoms. The first-order valence-electron chi connectivity index (χ1n) is 9.12. The number of hydrogen-bond acceptors (Lipinski definition) is 4. The number of halogens is 1. The van der Waals surface area contributed by atoms with E-state index in [2.05, 4.69) is 24.8 Å². The molecule has 0 saturated carbocycles. The average Bonchev–Trinajstić information content (AvgIpc) is 2.62. The normalized spacial score (nSPS) is 19.1. The van der Waals surface area contributed by atoms with Crippen LogP contribution in [-0.4, -0.2) is 53.8 Å². The van der Waals surface area contributed by atoms with E-state index in [-0.39, 0.29) is 16.7 Å². The zero-order valence-corrected chi connectivity index (χ0v) is 17.0. The highest BCUT2D eigenvalue weighted by atomic mass is 19.1. The third kappa shape index (κ3) is 2.91. The minimum Gasteiger partial charge on any atom is -0.363 e. The van der Waals surface area contributed by atoms with Crippen LogP contribution in [0.2, 0.25) is 0 Å². The van der Waals surface area contributed by atoms with Gasteiger partial charge in [0.15, 0.2) is 0 Å². The summed E-state index contributed by atoms with van der Waals surface area (Å²) in [4.78, 5) is 40.4. The van der Waals surface area contributed by atoms with Crippen LogP contribution in [0, 0.1) is 5.82 Å². The largest absolute Gasteiger partial charge is 0.363 e. The molecule has 1 aromatic carbocycles. The molecule has 0 N–H and O–H groups in total. The van der Waals surface area contributed by atoms with Crippen LogP contribution < -0.4 is 4.90 Å². The molecule has 28 heavy (non-hydrogen) atoms. The van der Waals surface area contributed by atoms with Crippen molar-refractivity contribution in [1.29, 1.82) is 0 Å². The molecule has 1 aromatic rings. The number of imide groups is 2. The van der Waals surface area contributed by atoms with Crippen LogP contribution >= 0.6 is 0 Å². The van der Waals surface area contributed by atoms with Gasteiger partial charge in [-0.15, -0.1) is 0 Å². The molecule has 7 heteroatoms. The van der Waals surface area contributed by atoms with Crippen LogP contribution in [0.15, 0.2) is 23.8 Å². The number of urea groups is 1. The van der Waals surface area contributed by atoms with Crippen molar-refractivity contribution in [2.75, 3.05) is 25.5 Å². The van der Waals surface area contributed by atoms with Crippen molar-refractivity contribution in [2.24, 2.45) is 0 Å². The van der Waals surface area contributed by atoms with Gasteiger partial charge in [0, 0.05) is 37.5 Å². The van der Waals surface area contributed by atoms with Gasteiger partial charge in [0.25, 0.3) is 11.8 Å². The van der Waals surface area contributed by atoms with Crippen LogP contribution in [0.25, 0.3) is 11.6 Å². The molecule has 0 aromatic heterocycles. The fraction of sp³-hybridized carbons (Fsp3) is 0.381. The molecule has 1 fully saturated rings. The SMILES string of the molecule is CCN1c2cc(F)c(C=C3C(=O)N(C)C(=O)N(C)C3=O)cc2C(C)=CC1(C)C. The fourth-order valence-corrected chi connectivity index (χ4v) is 3.93. The number of amides is 4. The highest BCUT2D eigenvalue weighted by molar-refractivity contribution is 6.30. The summed E-state index contributed by atoms with van der Waals surface area (Å²) in [5.74, 6) is -2.01. The average molecular weight is 385 g/mol. The third-order valence-corrected chi connectivity index (χ3v) is 5.36. The quantitative estimate of drug-likeness (QED) is 0.579. The number of carbonyl (C=O) groups is 3. The van der Waals surface area contributed by atoms with E-state index in [1.807, 2.05) is 13.8 Å². The Morgan fingerprint density at radius 2 is 1.64 bits per heavy atom. The molecule has 1 saturated heterocycles. The van der Waals surface area contributed by atoms with Gasteiger partial charge >= 0.3 is 6.03 Å². The Labute approximate surface area is 163 Å². The Balaban J connectivity index is 2.14. The van der Waals surface area contributed by atoms with Gasteiger partial charge in [-0.2, -0.15) is 0 Å². The van der Waals surface area contributed by atoms with Gasteiger partial charge in [0.2, 0.25) is 0 Å². The summed E-state index contributed by atoms with van der Waals surface area (Å²) >= 11 is 0. The number of hydrogen-bond donors (Lipinski definition) is 0. The van der Waals surface area contributed by atoms with Crippen LogP contribution in [0.1, 0.15) is 38.8 Å². The fourth-order valence-electron chi connectivity index (χ4n) is 3.93. The summed E-state index contributed by atoms with van der Waals surface area (Å²) < 4.78 is 14.9. The topological polar surface area (TPSA) is 60.9 Å². The van der Waals surface area contributed by atoms with Crippen LogP contribution in [0.4, 0.5) is 14.9 Å². The molecule has 0 atom stereocenters. The number of benzene rings is 1. The molecule has 0 unspecified atom stereocenters. The predicted molar refractivity (Wildman–Crippen MR) is 106 cm³/mol. The van der Waals surface area contributed by atoms with E-state index in [9.17, 15) is 18.8 Å². The molecule has 4 amide bonds. The maximum atomic E-state index is 14.9. The monoisotopic (exact) mass is 385 g/mol. The predicted octanol–water partition coefficient (Wildman–Crippen LogP) is 3.28. The Hall–Kier alpha value is -2.96. The van der Waals surface area contributed by atoms with Gasteiger partial charge in [0.05, 0.1) is 5.54 Å². The van der Waals surface area contributed by atoms with E-state index in [1.54, 1.807) is 6.07 Å². The highest BCUT2D eigenvalue weighted by Gasteiger charge is 2.38. The first-order valence-corrected chi connectivity index (χ1v) is 9.12. The number of allylic oxidation sites excluding steroid dienone is 1. The summed E-state index contributed by atoms with van der Waals surface area (Å²) in [5, 5.41) is 0. The molecule has 3 rings (SSSR count). The number of fused-ring (bicyclic) bond motifs is 1. The number of likely N-dealkylation sites (N-methyl/N-ethyl adjacent to an activating group) is 3. The van der Waals surface area contributed by atoms with Crippen molar-refractivity contribution in [3.05, 3.63) is 40.7 Å². The Morgan fingerprint density at radius 1 is 1.07 bits per heavy atom. The Bertz CT molecular complexity index is 936. The van der Waals surface area contributed by atoms with Crippen molar-refractivity contribution in [1.82, 2.24) is 9.80 Å². The minimum atomic E-state index is -0.742. The van der Waals surface area contributed by atoms with Gasteiger partial charge in [-0.25, -0.2) is 9.18 Å². The maximum Gasteiger partial charge on any atom is 0.333 e. The lowest BCUT2D eigenvalue weighted by Crippen LogP contribution is -2.52. The maximum absolute atomic E-state index is 14.9. The van der Waals surface area contributed by atoms with Gasteiger partial charge in [0.1, 0.15) is 11.4 Å². The van der Waals surface area contributed by atoms with Gasteiger partial charge in [-0.3, -0.25) is 19.4 Å². The summed E-state index contributed by atoms with van der Waals surface area (Å²) in [6.07, 6.45) is 3.34. The lowest BCUT2D eigenvalue weighted by molar-refractivity contribution is -0.134. The third-order valence-electron chi connectivity index (χ3n) is 5.36. The number of nitrogens with zero attached hydrogens (tertiary/aromatic N) is 3. The van der Waals surface area contributed by atoms with E-state index < -0.39 is 23.7 Å². The van der Waals surface area contributed by atoms with Crippen LogP contribution in [0.5, 0.6) is 0 Å². The zero-order chi connectivity index (χ0) is 21.0. The molecule has 0 radical (unpaired) electrons. The van der Waals surface area contributed by atoms with E-state index in [0.717, 1.165) is 26.6 Å². The highest BCUT2D eigenvalue weighted by Crippen LogP contribution is 2.40. The standard InChI is InChI=1S/C21H24FN3O3/c1-7-25-17-10-16(22)13(8-14(17)12(2)11-21(25,3)4)9-15-18(26)23(5)20(28)24(6)19(15)27/h8-11H,7H2,1-6H3. The number of rotatable bonds is 2. The smallest absolute Gasteiger partial charge is 0.333 e. The van der Waals surface area contributed by atoms with Gasteiger partial charge < -0.3 is 4.90 Å². The molecule has 0 bridgehead atoms. The van der Waals surface area contributed by atoms with Crippen LogP contribution in [0.3, 0.4) is 0 Å². The molecule has 2 heterocycles. The van der Waals surface area contributed by atoms with E-state index in [1.165, 1.54) is 26.2 Å². The molecule has 6 nitrogen and oxygen atoms in total. The first kappa shape index (κ1) is 19.8. The number of barbiturate groups is 1. The lowest BCUT2D eigenvalue weighted by atomic mass is 9.87. The molecule has 0 aliphatic carbocycles. The zero-order valence-electron chi connectivity index (χ0n) is 17.0. The van der Waals surface area contributed by atoms with Crippen molar-refractivity contribution in [3.8, 4) is 0 Å². The molecular formula is C21H24FN3O3. The summed E-state index contributed by atoms with van der Waals surface area (Å²) in [5.41, 5.74) is 2.26. The van der Waals surface area contributed by atoms with E-state index >= 15 is 0 Å². The number of carbonyl (C=O) groups excluding carboxylic acids is 3. The van der Waals surface area contributed by atoms with Gasteiger partial charge in [-0.1, -0.05) is 6.08 Å². The van der Waals surface area contributed by atoms with Crippen molar-refractivity contribution in [2.45, 2.75) is 33.2 Å². The summed E-state index contributed by atoms with van der Waals surface area (Å²) in [6, 6.07) is 2.38. The summed E-state index contributed by atoms with van der Waals surface area (Å²) in [7, 11) is 2.58. The molecule has 148 valence electrons. The van der Waals surface area contributed by atoms with E-state index in [4.69, 9.17) is 0 Å². The molecule has 2 aliphatic rings. The van der Waals surface area contributed by atoms with Crippen molar-refractivity contribution >= 4 is 35.2 Å². The Kier molecular flexibility index (Phi) is 4.65. The first-order chi connectivity index (χ1) is 13.0. The second-order valence-electron chi connectivity index (χ2n) is 7.69. The lowest BCUT2D eigenvalue weighted by Gasteiger charge is -2.43. The second-order valence-corrected chi connectivity index (χ2v) is 7.69. The van der Waals surface area contributed by atoms with E-state index in [0.29, 0.717) is 6.54 Å². The molecule has 2 aliphatic heterocycles. The van der Waals surface area contributed by atoms with Crippen LogP contribution in [-0.2, 0) is 9.59 Å². The molecular weight excluding hydrogens is 361 g/mol. The van der Waals surface area contributed by atoms with Crippen molar-refractivity contribution in [3.63, 3.8) is 0 Å². The summed E-state index contributed by atoms with van der Waals surface area (Å²) in [6.45, 7) is 8.81. The van der Waals surface area contributed by atoms with Crippen molar-refractivity contribution < 1.29 is 18.8 Å². The minimum absolute atomic E-state index is 0.134. The second kappa shape index (κ2) is 6.58. The van der Waals surface area contributed by atoms with Gasteiger partial charge in [-0.05, 0) is 51.5 Å². The Morgan fingerprint density at radius 3 is 2.18 bits per heavy atom.